The molecule has 3 rings (SSSR count). The van der Waals surface area contributed by atoms with Gasteiger partial charge in [0.1, 0.15) is 12.2 Å². The Balaban J connectivity index is 1.57. The van der Waals surface area contributed by atoms with Crippen LogP contribution in [0.5, 0.6) is 0 Å². The Morgan fingerprint density at radius 3 is 2.77 bits per heavy atom. The van der Waals surface area contributed by atoms with Gasteiger partial charge in [0.05, 0.1) is 6.04 Å². The Hall–Kier alpha value is -1.39. The summed E-state index contributed by atoms with van der Waals surface area (Å²) >= 11 is 0. The molecule has 122 valence electrons. The van der Waals surface area contributed by atoms with E-state index in [2.05, 4.69) is 33.5 Å². The lowest BCUT2D eigenvalue weighted by Crippen LogP contribution is -2.31. The molecule has 0 spiro atoms. The van der Waals surface area contributed by atoms with E-state index in [4.69, 9.17) is 0 Å². The molecule has 0 aromatic carbocycles. The molecule has 1 unspecified atom stereocenters. The van der Waals surface area contributed by atoms with Crippen molar-refractivity contribution in [3.8, 4) is 0 Å². The largest absolute Gasteiger partial charge is 0.341 e. The smallest absolute Gasteiger partial charge is 0.222 e. The van der Waals surface area contributed by atoms with Crippen LogP contribution in [0, 0.1) is 5.92 Å². The molecule has 1 aromatic heterocycles. The van der Waals surface area contributed by atoms with Crippen LogP contribution in [0.4, 0.5) is 0 Å². The SMILES string of the molecule is CC(C)c1nncn1C1CCN(C(=O)CC2CCCCC2)C1. The van der Waals surface area contributed by atoms with Crippen LogP contribution in [0.1, 0.15) is 76.6 Å². The Bertz CT molecular complexity index is 505. The van der Waals surface area contributed by atoms with E-state index in [1.807, 2.05) is 6.33 Å². The first-order valence-corrected chi connectivity index (χ1v) is 8.82. The Morgan fingerprint density at radius 2 is 2.05 bits per heavy atom. The van der Waals surface area contributed by atoms with Crippen LogP contribution < -0.4 is 0 Å². The zero-order valence-electron chi connectivity index (χ0n) is 13.9. The average molecular weight is 304 g/mol. The van der Waals surface area contributed by atoms with Crippen LogP contribution in [0.2, 0.25) is 0 Å². The minimum Gasteiger partial charge on any atom is -0.341 e. The molecule has 5 heteroatoms. The number of nitrogens with zero attached hydrogens (tertiary/aromatic N) is 4. The van der Waals surface area contributed by atoms with E-state index in [1.54, 1.807) is 0 Å². The van der Waals surface area contributed by atoms with Gasteiger partial charge >= 0.3 is 0 Å². The molecule has 1 atom stereocenters. The number of aromatic nitrogens is 3. The summed E-state index contributed by atoms with van der Waals surface area (Å²) in [6, 6.07) is 0.350. The van der Waals surface area contributed by atoms with Crippen molar-refractivity contribution in [1.29, 1.82) is 0 Å². The van der Waals surface area contributed by atoms with Gasteiger partial charge in [0.15, 0.2) is 0 Å². The maximum absolute atomic E-state index is 12.5. The highest BCUT2D eigenvalue weighted by Crippen LogP contribution is 2.29. The van der Waals surface area contributed by atoms with Gasteiger partial charge in [-0.2, -0.15) is 0 Å². The second-order valence-electron chi connectivity index (χ2n) is 7.24. The lowest BCUT2D eigenvalue weighted by atomic mass is 9.87. The van der Waals surface area contributed by atoms with E-state index in [0.29, 0.717) is 23.8 Å². The summed E-state index contributed by atoms with van der Waals surface area (Å²) in [5.41, 5.74) is 0. The third-order valence-corrected chi connectivity index (χ3v) is 5.21. The summed E-state index contributed by atoms with van der Waals surface area (Å²) in [5, 5.41) is 8.29. The second kappa shape index (κ2) is 6.80. The molecular weight excluding hydrogens is 276 g/mol. The minimum atomic E-state index is 0.350. The topological polar surface area (TPSA) is 51.0 Å². The van der Waals surface area contributed by atoms with E-state index >= 15 is 0 Å². The minimum absolute atomic E-state index is 0.350. The van der Waals surface area contributed by atoms with Gasteiger partial charge in [0.25, 0.3) is 0 Å². The molecule has 1 aliphatic carbocycles. The Labute approximate surface area is 133 Å². The third kappa shape index (κ3) is 3.33. The van der Waals surface area contributed by atoms with E-state index < -0.39 is 0 Å². The number of carbonyl (C=O) groups excluding carboxylic acids is 1. The quantitative estimate of drug-likeness (QED) is 0.858. The second-order valence-corrected chi connectivity index (χ2v) is 7.24. The van der Waals surface area contributed by atoms with E-state index in [-0.39, 0.29) is 0 Å². The van der Waals surface area contributed by atoms with Gasteiger partial charge in [-0.3, -0.25) is 4.79 Å². The molecule has 0 bridgehead atoms. The van der Waals surface area contributed by atoms with E-state index in [9.17, 15) is 4.79 Å². The summed E-state index contributed by atoms with van der Waals surface area (Å²) in [5.74, 6) is 2.39. The molecule has 5 nitrogen and oxygen atoms in total. The number of rotatable bonds is 4. The molecule has 1 saturated carbocycles. The maximum Gasteiger partial charge on any atom is 0.222 e. The molecular formula is C17H28N4O. The molecule has 2 aliphatic rings. The summed E-state index contributed by atoms with van der Waals surface area (Å²) in [6.45, 7) is 5.98. The fourth-order valence-electron chi connectivity index (χ4n) is 3.91. The summed E-state index contributed by atoms with van der Waals surface area (Å²) < 4.78 is 2.18. The fraction of sp³-hybridized carbons (Fsp3) is 0.824. The van der Waals surface area contributed by atoms with Crippen molar-refractivity contribution < 1.29 is 4.79 Å². The van der Waals surface area contributed by atoms with Gasteiger partial charge < -0.3 is 9.47 Å². The van der Waals surface area contributed by atoms with Gasteiger partial charge in [-0.25, -0.2) is 0 Å². The van der Waals surface area contributed by atoms with Gasteiger partial charge in [0.2, 0.25) is 5.91 Å². The normalized spacial score (nSPS) is 23.4. The van der Waals surface area contributed by atoms with E-state index in [1.165, 1.54) is 32.1 Å². The van der Waals surface area contributed by atoms with Crippen molar-refractivity contribution in [2.75, 3.05) is 13.1 Å². The third-order valence-electron chi connectivity index (χ3n) is 5.21. The highest BCUT2D eigenvalue weighted by atomic mass is 16.2. The van der Waals surface area contributed by atoms with Gasteiger partial charge in [-0.1, -0.05) is 33.1 Å². The molecule has 22 heavy (non-hydrogen) atoms. The zero-order valence-corrected chi connectivity index (χ0v) is 13.9. The summed E-state index contributed by atoms with van der Waals surface area (Å²) in [6.07, 6.45) is 10.0. The number of hydrogen-bond acceptors (Lipinski definition) is 3. The first-order valence-electron chi connectivity index (χ1n) is 8.82. The fourth-order valence-corrected chi connectivity index (χ4v) is 3.91. The molecule has 0 N–H and O–H groups in total. The van der Waals surface area contributed by atoms with Crippen LogP contribution in [0.25, 0.3) is 0 Å². The molecule has 2 heterocycles. The van der Waals surface area contributed by atoms with Gasteiger partial charge in [-0.15, -0.1) is 10.2 Å². The molecule has 1 saturated heterocycles. The number of amides is 1. The number of likely N-dealkylation sites (tertiary alicyclic amines) is 1. The van der Waals surface area contributed by atoms with Crippen molar-refractivity contribution in [2.45, 2.75) is 70.8 Å². The van der Waals surface area contributed by atoms with Crippen LogP contribution in [0.3, 0.4) is 0 Å². The summed E-state index contributed by atoms with van der Waals surface area (Å²) in [4.78, 5) is 14.6. The highest BCUT2D eigenvalue weighted by Gasteiger charge is 2.30. The summed E-state index contributed by atoms with van der Waals surface area (Å²) in [7, 11) is 0. The molecule has 2 fully saturated rings. The molecule has 1 aromatic rings. The van der Waals surface area contributed by atoms with Crippen molar-refractivity contribution in [2.24, 2.45) is 5.92 Å². The lowest BCUT2D eigenvalue weighted by molar-refractivity contribution is -0.131. The zero-order chi connectivity index (χ0) is 15.5. The lowest BCUT2D eigenvalue weighted by Gasteiger charge is -2.24. The van der Waals surface area contributed by atoms with Crippen molar-refractivity contribution >= 4 is 5.91 Å². The van der Waals surface area contributed by atoms with Crippen molar-refractivity contribution in [3.63, 3.8) is 0 Å². The average Bonchev–Trinajstić information content (AvgIpc) is 3.17. The number of hydrogen-bond donors (Lipinski definition) is 0. The highest BCUT2D eigenvalue weighted by molar-refractivity contribution is 5.76. The maximum atomic E-state index is 12.5. The van der Waals surface area contributed by atoms with Crippen LogP contribution in [-0.2, 0) is 4.79 Å². The van der Waals surface area contributed by atoms with Gasteiger partial charge in [-0.05, 0) is 25.2 Å². The van der Waals surface area contributed by atoms with Crippen LogP contribution in [0.15, 0.2) is 6.33 Å². The monoisotopic (exact) mass is 304 g/mol. The molecule has 1 amide bonds. The molecule has 0 radical (unpaired) electrons. The standard InChI is InChI=1S/C17H28N4O/c1-13(2)17-19-18-12-21(17)15-8-9-20(11-15)16(22)10-14-6-4-3-5-7-14/h12-15H,3-11H2,1-2H3. The molecule has 1 aliphatic heterocycles. The van der Waals surface area contributed by atoms with E-state index in [0.717, 1.165) is 31.8 Å². The Kier molecular flexibility index (Phi) is 4.79. The van der Waals surface area contributed by atoms with Crippen LogP contribution >= 0.6 is 0 Å². The first kappa shape index (κ1) is 15.5. The van der Waals surface area contributed by atoms with Crippen molar-refractivity contribution in [1.82, 2.24) is 19.7 Å². The number of carbonyl (C=O) groups is 1. The van der Waals surface area contributed by atoms with Crippen LogP contribution in [-0.4, -0.2) is 38.7 Å². The predicted molar refractivity (Wildman–Crippen MR) is 85.5 cm³/mol. The van der Waals surface area contributed by atoms with Crippen molar-refractivity contribution in [3.05, 3.63) is 12.2 Å². The Morgan fingerprint density at radius 1 is 1.27 bits per heavy atom. The predicted octanol–water partition coefficient (Wildman–Crippen LogP) is 3.15. The first-order chi connectivity index (χ1) is 10.6. The van der Waals surface area contributed by atoms with Gasteiger partial charge in [0, 0.05) is 25.4 Å².